The molecular formula is C10H9Br2N3. The van der Waals surface area contributed by atoms with E-state index < -0.39 is 0 Å². The second-order valence-corrected chi connectivity index (χ2v) is 4.98. The summed E-state index contributed by atoms with van der Waals surface area (Å²) in [5, 5.41) is 4.19. The molecule has 15 heavy (non-hydrogen) atoms. The lowest BCUT2D eigenvalue weighted by molar-refractivity contribution is 0.685. The zero-order chi connectivity index (χ0) is 10.8. The Hall–Kier alpha value is -0.810. The number of anilines is 1. The third kappa shape index (κ3) is 2.60. The van der Waals surface area contributed by atoms with Gasteiger partial charge >= 0.3 is 0 Å². The second-order valence-electron chi connectivity index (χ2n) is 3.21. The van der Waals surface area contributed by atoms with Gasteiger partial charge in [-0.25, -0.2) is 0 Å². The molecule has 2 N–H and O–H groups in total. The molecule has 1 aromatic carbocycles. The molecule has 0 fully saturated rings. The molecule has 0 unspecified atom stereocenters. The lowest BCUT2D eigenvalue weighted by Crippen LogP contribution is -2.01. The van der Waals surface area contributed by atoms with Crippen LogP contribution in [-0.2, 0) is 6.54 Å². The van der Waals surface area contributed by atoms with Crippen molar-refractivity contribution in [3.05, 3.63) is 45.1 Å². The highest BCUT2D eigenvalue weighted by atomic mass is 79.9. The molecule has 3 nitrogen and oxygen atoms in total. The third-order valence-electron chi connectivity index (χ3n) is 2.01. The van der Waals surface area contributed by atoms with Gasteiger partial charge < -0.3 is 5.73 Å². The summed E-state index contributed by atoms with van der Waals surface area (Å²) < 4.78 is 3.85. The number of benzene rings is 1. The van der Waals surface area contributed by atoms with E-state index in [1.165, 1.54) is 0 Å². The van der Waals surface area contributed by atoms with Gasteiger partial charge in [-0.1, -0.05) is 22.0 Å². The molecule has 2 rings (SSSR count). The molecule has 0 aliphatic rings. The number of nitrogen functional groups attached to an aromatic ring is 1. The number of halogens is 2. The van der Waals surface area contributed by atoms with E-state index in [0.29, 0.717) is 0 Å². The first kappa shape index (κ1) is 10.7. The molecule has 1 aromatic heterocycles. The van der Waals surface area contributed by atoms with E-state index in [-0.39, 0.29) is 0 Å². The van der Waals surface area contributed by atoms with E-state index in [2.05, 4.69) is 37.0 Å². The first-order valence-corrected chi connectivity index (χ1v) is 5.95. The second kappa shape index (κ2) is 4.37. The van der Waals surface area contributed by atoms with E-state index in [4.69, 9.17) is 5.73 Å². The third-order valence-corrected chi connectivity index (χ3v) is 3.16. The standard InChI is InChI=1S/C10H9Br2N3/c11-8-4-14-15(6-8)5-7-1-2-9(13)3-10(7)12/h1-4,6H,5,13H2. The number of nitrogens with two attached hydrogens (primary N) is 1. The minimum Gasteiger partial charge on any atom is -0.399 e. The van der Waals surface area contributed by atoms with Crippen LogP contribution in [0.25, 0.3) is 0 Å². The lowest BCUT2D eigenvalue weighted by atomic mass is 10.2. The van der Waals surface area contributed by atoms with E-state index in [1.807, 2.05) is 29.1 Å². The maximum absolute atomic E-state index is 5.67. The SMILES string of the molecule is Nc1ccc(Cn2cc(Br)cn2)c(Br)c1. The summed E-state index contributed by atoms with van der Waals surface area (Å²) in [4.78, 5) is 0. The zero-order valence-electron chi connectivity index (χ0n) is 7.82. The zero-order valence-corrected chi connectivity index (χ0v) is 11.0. The topological polar surface area (TPSA) is 43.8 Å². The largest absolute Gasteiger partial charge is 0.399 e. The highest BCUT2D eigenvalue weighted by molar-refractivity contribution is 9.10. The predicted octanol–water partition coefficient (Wildman–Crippen LogP) is 3.04. The van der Waals surface area contributed by atoms with Crippen molar-refractivity contribution in [3.63, 3.8) is 0 Å². The maximum atomic E-state index is 5.67. The molecule has 2 aromatic rings. The summed E-state index contributed by atoms with van der Waals surface area (Å²) >= 11 is 6.84. The number of rotatable bonds is 2. The van der Waals surface area contributed by atoms with Gasteiger partial charge in [0.1, 0.15) is 0 Å². The van der Waals surface area contributed by atoms with Crippen molar-refractivity contribution in [1.29, 1.82) is 0 Å². The Morgan fingerprint density at radius 3 is 2.73 bits per heavy atom. The first-order valence-electron chi connectivity index (χ1n) is 4.37. The van der Waals surface area contributed by atoms with Gasteiger partial charge in [0.2, 0.25) is 0 Å². The van der Waals surface area contributed by atoms with Crippen LogP contribution in [0.2, 0.25) is 0 Å². The quantitative estimate of drug-likeness (QED) is 0.860. The van der Waals surface area contributed by atoms with Crippen molar-refractivity contribution in [2.24, 2.45) is 0 Å². The molecule has 0 atom stereocenters. The molecule has 1 heterocycles. The summed E-state index contributed by atoms with van der Waals surface area (Å²) in [5.41, 5.74) is 7.57. The van der Waals surface area contributed by atoms with Crippen LogP contribution >= 0.6 is 31.9 Å². The Bertz CT molecular complexity index is 479. The molecule has 0 bridgehead atoms. The first-order chi connectivity index (χ1) is 7.15. The van der Waals surface area contributed by atoms with Crippen LogP contribution in [0.4, 0.5) is 5.69 Å². The Labute approximate surface area is 105 Å². The van der Waals surface area contributed by atoms with Crippen LogP contribution in [0, 0.1) is 0 Å². The summed E-state index contributed by atoms with van der Waals surface area (Å²) in [5.74, 6) is 0. The molecule has 0 saturated carbocycles. The van der Waals surface area contributed by atoms with Crippen LogP contribution in [0.1, 0.15) is 5.56 Å². The van der Waals surface area contributed by atoms with Crippen LogP contribution in [-0.4, -0.2) is 9.78 Å². The van der Waals surface area contributed by atoms with Crippen molar-refractivity contribution in [2.45, 2.75) is 6.54 Å². The van der Waals surface area contributed by atoms with Crippen molar-refractivity contribution in [3.8, 4) is 0 Å². The van der Waals surface area contributed by atoms with Gasteiger partial charge in [-0.05, 0) is 33.6 Å². The molecule has 0 spiro atoms. The Balaban J connectivity index is 2.24. The highest BCUT2D eigenvalue weighted by Crippen LogP contribution is 2.21. The van der Waals surface area contributed by atoms with Crippen LogP contribution < -0.4 is 5.73 Å². The maximum Gasteiger partial charge on any atom is 0.0670 e. The molecule has 0 saturated heterocycles. The van der Waals surface area contributed by atoms with Crippen LogP contribution in [0.3, 0.4) is 0 Å². The molecule has 78 valence electrons. The van der Waals surface area contributed by atoms with Gasteiger partial charge in [-0.3, -0.25) is 4.68 Å². The molecule has 0 aliphatic carbocycles. The average molecular weight is 331 g/mol. The fraction of sp³-hybridized carbons (Fsp3) is 0.100. The lowest BCUT2D eigenvalue weighted by Gasteiger charge is -2.05. The van der Waals surface area contributed by atoms with Gasteiger partial charge in [0.15, 0.2) is 0 Å². The Morgan fingerprint density at radius 1 is 1.33 bits per heavy atom. The van der Waals surface area contributed by atoms with Crippen molar-refractivity contribution in [2.75, 3.05) is 5.73 Å². The van der Waals surface area contributed by atoms with Gasteiger partial charge in [-0.15, -0.1) is 0 Å². The Morgan fingerprint density at radius 2 is 2.13 bits per heavy atom. The molecule has 0 amide bonds. The van der Waals surface area contributed by atoms with Crippen LogP contribution in [0.5, 0.6) is 0 Å². The van der Waals surface area contributed by atoms with E-state index in [9.17, 15) is 0 Å². The molecule has 5 heteroatoms. The minimum atomic E-state index is 0.729. The number of hydrogen-bond acceptors (Lipinski definition) is 2. The summed E-state index contributed by atoms with van der Waals surface area (Å²) in [7, 11) is 0. The minimum absolute atomic E-state index is 0.729. The monoisotopic (exact) mass is 329 g/mol. The number of nitrogens with zero attached hydrogens (tertiary/aromatic N) is 2. The highest BCUT2D eigenvalue weighted by Gasteiger charge is 2.02. The number of hydrogen-bond donors (Lipinski definition) is 1. The van der Waals surface area contributed by atoms with Crippen molar-refractivity contribution < 1.29 is 0 Å². The summed E-state index contributed by atoms with van der Waals surface area (Å²) in [6.07, 6.45) is 3.70. The molecule has 0 radical (unpaired) electrons. The number of aromatic nitrogens is 2. The normalized spacial score (nSPS) is 10.5. The van der Waals surface area contributed by atoms with Crippen LogP contribution in [0.15, 0.2) is 39.5 Å². The molecule has 0 aliphatic heterocycles. The van der Waals surface area contributed by atoms with E-state index in [0.717, 1.165) is 26.7 Å². The van der Waals surface area contributed by atoms with Gasteiger partial charge in [0.05, 0.1) is 17.2 Å². The van der Waals surface area contributed by atoms with Crippen molar-refractivity contribution >= 4 is 37.5 Å². The van der Waals surface area contributed by atoms with Gasteiger partial charge in [0, 0.05) is 16.4 Å². The summed E-state index contributed by atoms with van der Waals surface area (Å²) in [6.45, 7) is 0.729. The van der Waals surface area contributed by atoms with Gasteiger partial charge in [-0.2, -0.15) is 5.10 Å². The fourth-order valence-corrected chi connectivity index (χ4v) is 2.14. The predicted molar refractivity (Wildman–Crippen MR) is 67.6 cm³/mol. The van der Waals surface area contributed by atoms with Gasteiger partial charge in [0.25, 0.3) is 0 Å². The van der Waals surface area contributed by atoms with Crippen molar-refractivity contribution in [1.82, 2.24) is 9.78 Å². The van der Waals surface area contributed by atoms with E-state index in [1.54, 1.807) is 6.20 Å². The Kier molecular flexibility index (Phi) is 3.11. The molecular weight excluding hydrogens is 322 g/mol. The fourth-order valence-electron chi connectivity index (χ4n) is 1.29. The smallest absolute Gasteiger partial charge is 0.0670 e. The average Bonchev–Trinajstić information content (AvgIpc) is 2.56. The summed E-state index contributed by atoms with van der Waals surface area (Å²) in [6, 6.07) is 5.78. The van der Waals surface area contributed by atoms with E-state index >= 15 is 0 Å².